The molecule has 102 valence electrons. The molecular formula is C14H15BrO4. The summed E-state index contributed by atoms with van der Waals surface area (Å²) in [6, 6.07) is 3.71. The van der Waals surface area contributed by atoms with E-state index in [-0.39, 0.29) is 0 Å². The molecule has 0 saturated heterocycles. The lowest BCUT2D eigenvalue weighted by molar-refractivity contribution is -0.147. The number of aliphatic carboxylic acids is 1. The van der Waals surface area contributed by atoms with Crippen molar-refractivity contribution in [3.8, 4) is 11.5 Å². The molecule has 1 aliphatic heterocycles. The van der Waals surface area contributed by atoms with Crippen molar-refractivity contribution in [2.45, 2.75) is 31.1 Å². The summed E-state index contributed by atoms with van der Waals surface area (Å²) in [7, 11) is 0. The van der Waals surface area contributed by atoms with Gasteiger partial charge in [0.05, 0.1) is 23.1 Å². The van der Waals surface area contributed by atoms with E-state index in [9.17, 15) is 9.90 Å². The summed E-state index contributed by atoms with van der Waals surface area (Å²) in [4.78, 5) is 11.7. The molecule has 1 saturated carbocycles. The predicted molar refractivity (Wildman–Crippen MR) is 72.9 cm³/mol. The van der Waals surface area contributed by atoms with E-state index in [1.165, 1.54) is 0 Å². The first-order valence-electron chi connectivity index (χ1n) is 6.47. The molecule has 0 amide bonds. The van der Waals surface area contributed by atoms with Crippen molar-refractivity contribution in [3.63, 3.8) is 0 Å². The van der Waals surface area contributed by atoms with Crippen LogP contribution < -0.4 is 9.47 Å². The number of carboxylic acid groups (broad SMARTS) is 1. The predicted octanol–water partition coefficient (Wildman–Crippen LogP) is 3.12. The molecule has 5 heteroatoms. The van der Waals surface area contributed by atoms with Crippen molar-refractivity contribution >= 4 is 21.9 Å². The Morgan fingerprint density at radius 2 is 1.84 bits per heavy atom. The summed E-state index contributed by atoms with van der Waals surface area (Å²) in [5.41, 5.74) is -0.0373. The molecule has 0 bridgehead atoms. The van der Waals surface area contributed by atoms with Crippen LogP contribution in [0.4, 0.5) is 0 Å². The number of carbonyl (C=O) groups is 1. The second kappa shape index (κ2) is 4.71. The number of carboxylic acids is 1. The second-order valence-electron chi connectivity index (χ2n) is 5.04. The van der Waals surface area contributed by atoms with E-state index in [0.717, 1.165) is 22.9 Å². The number of hydrogen-bond donors (Lipinski definition) is 1. The maximum atomic E-state index is 11.7. The first kappa shape index (κ1) is 12.8. The minimum atomic E-state index is -0.793. The molecule has 3 rings (SSSR count). The molecule has 0 radical (unpaired) electrons. The van der Waals surface area contributed by atoms with E-state index in [4.69, 9.17) is 9.47 Å². The lowest BCUT2D eigenvalue weighted by atomic mass is 9.64. The molecule has 1 aliphatic carbocycles. The van der Waals surface area contributed by atoms with Gasteiger partial charge in [-0.15, -0.1) is 0 Å². The van der Waals surface area contributed by atoms with Crippen LogP contribution in [0.2, 0.25) is 0 Å². The highest BCUT2D eigenvalue weighted by atomic mass is 79.9. The Morgan fingerprint density at radius 1 is 1.16 bits per heavy atom. The van der Waals surface area contributed by atoms with Crippen LogP contribution in [0.25, 0.3) is 0 Å². The number of fused-ring (bicyclic) bond motifs is 1. The Hall–Kier alpha value is -1.23. The lowest BCUT2D eigenvalue weighted by Crippen LogP contribution is -2.42. The summed E-state index contributed by atoms with van der Waals surface area (Å²) in [6.45, 7) is 1.15. The highest BCUT2D eigenvalue weighted by molar-refractivity contribution is 9.10. The molecule has 2 aliphatic rings. The Labute approximate surface area is 119 Å². The Kier molecular flexibility index (Phi) is 3.17. The highest BCUT2D eigenvalue weighted by Crippen LogP contribution is 2.51. The summed E-state index contributed by atoms with van der Waals surface area (Å²) in [5, 5.41) is 9.57. The SMILES string of the molecule is O=C(O)C1(c2ccc(Br)c3c2OCCCO3)CCC1. The first-order chi connectivity index (χ1) is 9.15. The minimum absolute atomic E-state index is 0.562. The standard InChI is InChI=1S/C14H15BrO4/c15-10-4-3-9(14(13(16)17)5-1-6-14)11-12(10)19-8-2-7-18-11/h3-4H,1-2,5-8H2,(H,16,17). The maximum Gasteiger partial charge on any atom is 0.314 e. The molecule has 4 nitrogen and oxygen atoms in total. The fourth-order valence-electron chi connectivity index (χ4n) is 2.73. The van der Waals surface area contributed by atoms with Gasteiger partial charge in [0.1, 0.15) is 0 Å². The monoisotopic (exact) mass is 326 g/mol. The fraction of sp³-hybridized carbons (Fsp3) is 0.500. The normalized spacial score (nSPS) is 20.3. The van der Waals surface area contributed by atoms with Crippen LogP contribution in [0.15, 0.2) is 16.6 Å². The van der Waals surface area contributed by atoms with E-state index in [0.29, 0.717) is 37.6 Å². The van der Waals surface area contributed by atoms with Gasteiger partial charge in [-0.05, 0) is 34.8 Å². The van der Waals surface area contributed by atoms with Crippen LogP contribution in [0.1, 0.15) is 31.2 Å². The van der Waals surface area contributed by atoms with Gasteiger partial charge in [-0.3, -0.25) is 4.79 Å². The molecule has 19 heavy (non-hydrogen) atoms. The molecule has 0 spiro atoms. The van der Waals surface area contributed by atoms with Gasteiger partial charge >= 0.3 is 5.97 Å². The van der Waals surface area contributed by atoms with Crippen LogP contribution in [-0.4, -0.2) is 24.3 Å². The topological polar surface area (TPSA) is 55.8 Å². The van der Waals surface area contributed by atoms with E-state index in [1.807, 2.05) is 12.1 Å². The number of rotatable bonds is 2. The van der Waals surface area contributed by atoms with E-state index in [1.54, 1.807) is 0 Å². The van der Waals surface area contributed by atoms with Gasteiger partial charge < -0.3 is 14.6 Å². The van der Waals surface area contributed by atoms with Crippen molar-refractivity contribution in [1.29, 1.82) is 0 Å². The highest BCUT2D eigenvalue weighted by Gasteiger charge is 2.48. The summed E-state index contributed by atoms with van der Waals surface area (Å²) >= 11 is 3.44. The van der Waals surface area contributed by atoms with Gasteiger partial charge in [0.15, 0.2) is 11.5 Å². The largest absolute Gasteiger partial charge is 0.489 e. The van der Waals surface area contributed by atoms with Gasteiger partial charge in [-0.2, -0.15) is 0 Å². The number of ether oxygens (including phenoxy) is 2. The van der Waals surface area contributed by atoms with Crippen LogP contribution in [0.3, 0.4) is 0 Å². The molecule has 1 fully saturated rings. The number of halogens is 1. The van der Waals surface area contributed by atoms with Gasteiger partial charge in [0, 0.05) is 12.0 Å². The van der Waals surface area contributed by atoms with Gasteiger partial charge in [-0.25, -0.2) is 0 Å². The molecule has 0 atom stereocenters. The summed E-state index contributed by atoms with van der Waals surface area (Å²) < 4.78 is 12.3. The third-order valence-electron chi connectivity index (χ3n) is 3.98. The van der Waals surface area contributed by atoms with Gasteiger partial charge in [0.25, 0.3) is 0 Å². The third-order valence-corrected chi connectivity index (χ3v) is 4.60. The second-order valence-corrected chi connectivity index (χ2v) is 5.90. The number of benzene rings is 1. The molecule has 1 aromatic rings. The zero-order valence-corrected chi connectivity index (χ0v) is 12.0. The smallest absolute Gasteiger partial charge is 0.314 e. The van der Waals surface area contributed by atoms with Crippen molar-refractivity contribution < 1.29 is 19.4 Å². The van der Waals surface area contributed by atoms with Crippen molar-refractivity contribution in [2.75, 3.05) is 13.2 Å². The van der Waals surface area contributed by atoms with Crippen molar-refractivity contribution in [1.82, 2.24) is 0 Å². The quantitative estimate of drug-likeness (QED) is 0.907. The molecule has 1 aromatic carbocycles. The van der Waals surface area contributed by atoms with E-state index in [2.05, 4.69) is 15.9 Å². The first-order valence-corrected chi connectivity index (χ1v) is 7.26. The molecule has 1 N–H and O–H groups in total. The molecule has 0 unspecified atom stereocenters. The number of hydrogen-bond acceptors (Lipinski definition) is 3. The molecule has 0 aromatic heterocycles. The maximum absolute atomic E-state index is 11.7. The average molecular weight is 327 g/mol. The van der Waals surface area contributed by atoms with Gasteiger partial charge in [0.2, 0.25) is 0 Å². The van der Waals surface area contributed by atoms with Crippen molar-refractivity contribution in [2.24, 2.45) is 0 Å². The van der Waals surface area contributed by atoms with Crippen LogP contribution >= 0.6 is 15.9 Å². The fourth-order valence-corrected chi connectivity index (χ4v) is 3.16. The summed E-state index contributed by atoms with van der Waals surface area (Å²) in [6.07, 6.45) is 3.08. The Bertz CT molecular complexity index is 522. The van der Waals surface area contributed by atoms with Crippen LogP contribution in [-0.2, 0) is 10.2 Å². The van der Waals surface area contributed by atoms with Gasteiger partial charge in [-0.1, -0.05) is 12.5 Å². The van der Waals surface area contributed by atoms with Crippen LogP contribution in [0, 0.1) is 0 Å². The minimum Gasteiger partial charge on any atom is -0.489 e. The molecular weight excluding hydrogens is 312 g/mol. The summed E-state index contributed by atoms with van der Waals surface area (Å²) in [5.74, 6) is 0.479. The van der Waals surface area contributed by atoms with E-state index < -0.39 is 11.4 Å². The lowest BCUT2D eigenvalue weighted by Gasteiger charge is -2.39. The zero-order chi connectivity index (χ0) is 13.5. The zero-order valence-electron chi connectivity index (χ0n) is 10.4. The average Bonchev–Trinajstić information content (AvgIpc) is 2.56. The van der Waals surface area contributed by atoms with E-state index >= 15 is 0 Å². The third kappa shape index (κ3) is 1.91. The Balaban J connectivity index is 2.14. The molecule has 1 heterocycles. The Morgan fingerprint density at radius 3 is 2.42 bits per heavy atom. The van der Waals surface area contributed by atoms with Crippen LogP contribution in [0.5, 0.6) is 11.5 Å². The van der Waals surface area contributed by atoms with Crippen molar-refractivity contribution in [3.05, 3.63) is 22.2 Å².